The van der Waals surface area contributed by atoms with E-state index in [2.05, 4.69) is 4.72 Å². The summed E-state index contributed by atoms with van der Waals surface area (Å²) in [5, 5.41) is 0.839. The molecule has 1 aliphatic rings. The molecule has 1 N–H and O–H groups in total. The number of hydrogen-bond donors (Lipinski definition) is 1. The van der Waals surface area contributed by atoms with Crippen molar-refractivity contribution in [1.29, 1.82) is 0 Å². The molecule has 3 aromatic carbocycles. The van der Waals surface area contributed by atoms with E-state index in [0.29, 0.717) is 29.6 Å². The zero-order valence-electron chi connectivity index (χ0n) is 18.9. The lowest BCUT2D eigenvalue weighted by molar-refractivity contribution is -0.139. The average molecular weight is 577 g/mol. The van der Waals surface area contributed by atoms with Crippen molar-refractivity contribution in [2.75, 3.05) is 24.9 Å². The van der Waals surface area contributed by atoms with Crippen molar-refractivity contribution in [2.24, 2.45) is 0 Å². The van der Waals surface area contributed by atoms with E-state index in [1.165, 1.54) is 23.9 Å². The zero-order chi connectivity index (χ0) is 26.1. The van der Waals surface area contributed by atoms with Gasteiger partial charge in [-0.15, -0.1) is 0 Å². The number of sulfonamides is 1. The van der Waals surface area contributed by atoms with E-state index in [0.717, 1.165) is 28.0 Å². The van der Waals surface area contributed by atoms with Gasteiger partial charge in [0.05, 0.1) is 26.2 Å². The van der Waals surface area contributed by atoms with Gasteiger partial charge < -0.3 is 9.64 Å². The smallest absolute Gasteiger partial charge is 0.419 e. The number of hydrogen-bond acceptors (Lipinski definition) is 5. The van der Waals surface area contributed by atoms with Crippen LogP contribution in [0.3, 0.4) is 0 Å². The van der Waals surface area contributed by atoms with Gasteiger partial charge in [0.15, 0.2) is 0 Å². The molecule has 5 nitrogen and oxygen atoms in total. The number of nitrogens with zero attached hydrogens (tertiary/aromatic N) is 1. The van der Waals surface area contributed by atoms with E-state index in [4.69, 9.17) is 27.9 Å². The van der Waals surface area contributed by atoms with Crippen molar-refractivity contribution in [2.45, 2.75) is 33.4 Å². The van der Waals surface area contributed by atoms with Crippen LogP contribution in [0.1, 0.15) is 12.0 Å². The van der Waals surface area contributed by atoms with Gasteiger partial charge >= 0.3 is 6.18 Å². The Morgan fingerprint density at radius 3 is 2.31 bits per heavy atom. The maximum Gasteiger partial charge on any atom is 0.419 e. The summed E-state index contributed by atoms with van der Waals surface area (Å²) in [4.78, 5) is 3.50. The predicted molar refractivity (Wildman–Crippen MR) is 136 cm³/mol. The standard InChI is InChI=1S/C24H21Cl2F3N2O3S2/c1-31-11-10-16(14-31)34-23-12-15(2-8-20(23)24(27,28)29)30-36(32,33)19-6-3-17(4-7-19)35-18-5-9-21(25)22(26)13-18/h2-9,12-13,16,30H,10-11,14H2,1H3/t16-/m1/s1. The predicted octanol–water partition coefficient (Wildman–Crippen LogP) is 7.05. The van der Waals surface area contributed by atoms with Crippen LogP contribution in [-0.2, 0) is 16.2 Å². The van der Waals surface area contributed by atoms with Crippen LogP contribution in [0.15, 0.2) is 75.4 Å². The summed E-state index contributed by atoms with van der Waals surface area (Å²) in [5.74, 6) is -0.406. The Kier molecular flexibility index (Phi) is 8.01. The first-order valence-corrected chi connectivity index (χ1v) is 13.8. The Bertz CT molecular complexity index is 1350. The average Bonchev–Trinajstić information content (AvgIpc) is 3.20. The minimum absolute atomic E-state index is 0.0291. The first kappa shape index (κ1) is 26.9. The van der Waals surface area contributed by atoms with Crippen LogP contribution in [0.25, 0.3) is 0 Å². The van der Waals surface area contributed by atoms with Gasteiger partial charge in [0.1, 0.15) is 11.9 Å². The topological polar surface area (TPSA) is 58.6 Å². The van der Waals surface area contributed by atoms with Crippen LogP contribution < -0.4 is 9.46 Å². The molecular weight excluding hydrogens is 556 g/mol. The SMILES string of the molecule is CN1CC[C@@H](Oc2cc(NS(=O)(=O)c3ccc(Sc4ccc(Cl)c(Cl)c4)cc3)ccc2C(F)(F)F)C1. The van der Waals surface area contributed by atoms with E-state index >= 15 is 0 Å². The summed E-state index contributed by atoms with van der Waals surface area (Å²) >= 11 is 13.3. The van der Waals surface area contributed by atoms with E-state index < -0.39 is 33.6 Å². The third-order valence-electron chi connectivity index (χ3n) is 5.44. The van der Waals surface area contributed by atoms with Crippen LogP contribution in [0.5, 0.6) is 5.75 Å². The maximum absolute atomic E-state index is 13.5. The van der Waals surface area contributed by atoms with Crippen molar-refractivity contribution < 1.29 is 26.3 Å². The fourth-order valence-electron chi connectivity index (χ4n) is 3.67. The Morgan fingerprint density at radius 1 is 1.00 bits per heavy atom. The van der Waals surface area contributed by atoms with E-state index in [1.54, 1.807) is 30.3 Å². The second kappa shape index (κ2) is 10.7. The Hall–Kier alpha value is -2.11. The van der Waals surface area contributed by atoms with Gasteiger partial charge in [-0.1, -0.05) is 35.0 Å². The van der Waals surface area contributed by atoms with Crippen LogP contribution >= 0.6 is 35.0 Å². The molecular formula is C24H21Cl2F3N2O3S2. The van der Waals surface area contributed by atoms with Crippen molar-refractivity contribution in [3.8, 4) is 5.75 Å². The molecule has 0 amide bonds. The number of halogens is 5. The largest absolute Gasteiger partial charge is 0.488 e. The first-order chi connectivity index (χ1) is 16.9. The van der Waals surface area contributed by atoms with Gasteiger partial charge in [-0.2, -0.15) is 13.2 Å². The van der Waals surface area contributed by atoms with E-state index in [1.807, 2.05) is 11.9 Å². The summed E-state index contributed by atoms with van der Waals surface area (Å²) in [7, 11) is -2.21. The molecule has 3 aromatic rings. The number of anilines is 1. The third kappa shape index (κ3) is 6.60. The summed E-state index contributed by atoms with van der Waals surface area (Å²) in [6.45, 7) is 1.19. The zero-order valence-corrected chi connectivity index (χ0v) is 22.0. The molecule has 0 radical (unpaired) electrons. The Labute approximate surface area is 221 Å². The molecule has 0 spiro atoms. The van der Waals surface area contributed by atoms with Crippen LogP contribution in [0, 0.1) is 0 Å². The van der Waals surface area contributed by atoms with Gasteiger partial charge in [-0.3, -0.25) is 4.72 Å². The Morgan fingerprint density at radius 2 is 1.69 bits per heavy atom. The highest BCUT2D eigenvalue weighted by atomic mass is 35.5. The normalized spacial score (nSPS) is 16.8. The van der Waals surface area contributed by atoms with E-state index in [-0.39, 0.29) is 10.6 Å². The highest BCUT2D eigenvalue weighted by Crippen LogP contribution is 2.39. The number of likely N-dealkylation sites (N-methyl/N-ethyl adjacent to an activating group) is 1. The van der Waals surface area contributed by atoms with Gasteiger partial charge in [0, 0.05) is 28.9 Å². The van der Waals surface area contributed by atoms with Gasteiger partial charge in [-0.25, -0.2) is 8.42 Å². The number of nitrogens with one attached hydrogen (secondary N) is 1. The minimum Gasteiger partial charge on any atom is -0.488 e. The number of rotatable bonds is 7. The monoisotopic (exact) mass is 576 g/mol. The number of likely N-dealkylation sites (tertiary alicyclic amines) is 1. The highest BCUT2D eigenvalue weighted by molar-refractivity contribution is 7.99. The number of benzene rings is 3. The summed E-state index contributed by atoms with van der Waals surface area (Å²) in [6, 6.07) is 14.2. The lowest BCUT2D eigenvalue weighted by Crippen LogP contribution is -2.23. The summed E-state index contributed by atoms with van der Waals surface area (Å²) in [6.07, 6.45) is -4.47. The molecule has 36 heavy (non-hydrogen) atoms. The first-order valence-electron chi connectivity index (χ1n) is 10.7. The fourth-order valence-corrected chi connectivity index (χ4v) is 5.93. The summed E-state index contributed by atoms with van der Waals surface area (Å²) < 4.78 is 74.4. The number of ether oxygens (including phenoxy) is 1. The van der Waals surface area contributed by atoms with Crippen LogP contribution in [-0.4, -0.2) is 39.6 Å². The lowest BCUT2D eigenvalue weighted by atomic mass is 10.1. The van der Waals surface area contributed by atoms with Crippen molar-refractivity contribution in [3.63, 3.8) is 0 Å². The molecule has 1 heterocycles. The molecule has 0 bridgehead atoms. The summed E-state index contributed by atoms with van der Waals surface area (Å²) in [5.41, 5.74) is -0.984. The third-order valence-corrected chi connectivity index (χ3v) is 8.58. The molecule has 0 unspecified atom stereocenters. The molecule has 1 fully saturated rings. The van der Waals surface area contributed by atoms with Crippen LogP contribution in [0.4, 0.5) is 18.9 Å². The van der Waals surface area contributed by atoms with E-state index in [9.17, 15) is 21.6 Å². The number of alkyl halides is 3. The molecule has 1 aliphatic heterocycles. The molecule has 192 valence electrons. The van der Waals surface area contributed by atoms with Gasteiger partial charge in [0.2, 0.25) is 0 Å². The Balaban J connectivity index is 1.52. The lowest BCUT2D eigenvalue weighted by Gasteiger charge is -2.19. The molecule has 0 aromatic heterocycles. The molecule has 4 rings (SSSR count). The van der Waals surface area contributed by atoms with Crippen molar-refractivity contribution in [3.05, 3.63) is 76.3 Å². The second-order valence-corrected chi connectivity index (χ2v) is 11.9. The molecule has 0 saturated carbocycles. The molecule has 0 aliphatic carbocycles. The van der Waals surface area contributed by atoms with Gasteiger partial charge in [-0.05, 0) is 68.1 Å². The van der Waals surface area contributed by atoms with Crippen LogP contribution in [0.2, 0.25) is 10.0 Å². The molecule has 12 heteroatoms. The highest BCUT2D eigenvalue weighted by Gasteiger charge is 2.36. The molecule has 1 atom stereocenters. The van der Waals surface area contributed by atoms with Crippen molar-refractivity contribution in [1.82, 2.24) is 4.90 Å². The van der Waals surface area contributed by atoms with Gasteiger partial charge in [0.25, 0.3) is 10.0 Å². The minimum atomic E-state index is -4.64. The van der Waals surface area contributed by atoms with Crippen molar-refractivity contribution >= 4 is 50.7 Å². The second-order valence-electron chi connectivity index (χ2n) is 8.25. The molecule has 1 saturated heterocycles. The quantitative estimate of drug-likeness (QED) is 0.326. The fraction of sp³-hybridized carbons (Fsp3) is 0.250. The maximum atomic E-state index is 13.5.